The molecule has 1 N–H and O–H groups in total. The fourth-order valence-corrected chi connectivity index (χ4v) is 7.44. The van der Waals surface area contributed by atoms with Crippen LogP contribution in [-0.4, -0.2) is 28.9 Å². The van der Waals surface area contributed by atoms with Crippen molar-refractivity contribution in [3.8, 4) is 5.75 Å². The molecule has 3 nitrogen and oxygen atoms in total. The highest BCUT2D eigenvalue weighted by Crippen LogP contribution is 2.51. The topological polar surface area (TPSA) is 40.5 Å². The molecule has 2 unspecified atom stereocenters. The summed E-state index contributed by atoms with van der Waals surface area (Å²) >= 11 is 0. The van der Waals surface area contributed by atoms with Crippen molar-refractivity contribution < 1.29 is 9.90 Å². The summed E-state index contributed by atoms with van der Waals surface area (Å²) in [6.07, 6.45) is 6.81. The Morgan fingerprint density at radius 1 is 0.944 bits per heavy atom. The van der Waals surface area contributed by atoms with Gasteiger partial charge >= 0.3 is 0 Å². The standard InChI is InChI=1S/C32H40NO2P/c1-4-18-32(5-2,28-22-26(15-16-29(28)34)31(35)25-12-8-6-9-13-25)36-30-17-14-24(3)21-27(30)23-33-19-10-7-11-20-33/h6,8-9,12-17,21-22,34,36H,4-5,7,10-11,18-20,23H2,1-3H3. The highest BCUT2D eigenvalue weighted by Gasteiger charge is 2.34. The van der Waals surface area contributed by atoms with Gasteiger partial charge in [-0.25, -0.2) is 0 Å². The van der Waals surface area contributed by atoms with Crippen molar-refractivity contribution in [2.45, 2.75) is 71.0 Å². The molecule has 0 amide bonds. The maximum Gasteiger partial charge on any atom is 0.193 e. The second kappa shape index (κ2) is 12.2. The predicted octanol–water partition coefficient (Wildman–Crippen LogP) is 7.33. The predicted molar refractivity (Wildman–Crippen MR) is 153 cm³/mol. The molecule has 1 saturated heterocycles. The third-order valence-corrected chi connectivity index (χ3v) is 9.68. The highest BCUT2D eigenvalue weighted by molar-refractivity contribution is 7.48. The summed E-state index contributed by atoms with van der Waals surface area (Å²) < 4.78 is 0. The Morgan fingerprint density at radius 2 is 1.69 bits per heavy atom. The molecule has 36 heavy (non-hydrogen) atoms. The number of nitrogens with zero attached hydrogens (tertiary/aromatic N) is 1. The van der Waals surface area contributed by atoms with Crippen molar-refractivity contribution in [1.29, 1.82) is 0 Å². The Bertz CT molecular complexity index is 1170. The van der Waals surface area contributed by atoms with Crippen LogP contribution in [0.3, 0.4) is 0 Å². The van der Waals surface area contributed by atoms with Gasteiger partial charge in [-0.2, -0.15) is 0 Å². The maximum atomic E-state index is 13.3. The summed E-state index contributed by atoms with van der Waals surface area (Å²) in [5.41, 5.74) is 4.95. The first-order chi connectivity index (χ1) is 17.5. The number of aromatic hydroxyl groups is 1. The van der Waals surface area contributed by atoms with Gasteiger partial charge in [-0.1, -0.05) is 89.4 Å². The number of benzene rings is 3. The first kappa shape index (κ1) is 26.6. The molecule has 4 heteroatoms. The maximum absolute atomic E-state index is 13.3. The van der Waals surface area contributed by atoms with Crippen molar-refractivity contribution in [3.63, 3.8) is 0 Å². The minimum atomic E-state index is -0.211. The van der Waals surface area contributed by atoms with Gasteiger partial charge in [-0.05, 0) is 74.8 Å². The van der Waals surface area contributed by atoms with E-state index in [2.05, 4.69) is 43.9 Å². The second-order valence-corrected chi connectivity index (χ2v) is 12.0. The highest BCUT2D eigenvalue weighted by atomic mass is 31.1. The zero-order valence-corrected chi connectivity index (χ0v) is 23.0. The Labute approximate surface area is 218 Å². The van der Waals surface area contributed by atoms with E-state index in [1.54, 1.807) is 12.1 Å². The summed E-state index contributed by atoms with van der Waals surface area (Å²) in [6, 6.07) is 21.8. The number of phenols is 1. The van der Waals surface area contributed by atoms with Gasteiger partial charge in [-0.3, -0.25) is 9.69 Å². The number of carbonyl (C=O) groups excluding carboxylic acids is 1. The van der Waals surface area contributed by atoms with E-state index in [0.29, 0.717) is 25.5 Å². The lowest BCUT2D eigenvalue weighted by Gasteiger charge is -2.36. The van der Waals surface area contributed by atoms with Crippen molar-refractivity contribution in [3.05, 3.63) is 94.5 Å². The first-order valence-electron chi connectivity index (χ1n) is 13.5. The molecule has 0 saturated carbocycles. The van der Waals surface area contributed by atoms with E-state index in [9.17, 15) is 9.90 Å². The number of rotatable bonds is 10. The number of carbonyl (C=O) groups is 1. The molecule has 2 atom stereocenters. The Morgan fingerprint density at radius 3 is 2.39 bits per heavy atom. The summed E-state index contributed by atoms with van der Waals surface area (Å²) in [7, 11) is 0.521. The van der Waals surface area contributed by atoms with Crippen LogP contribution in [0.5, 0.6) is 5.75 Å². The van der Waals surface area contributed by atoms with Crippen LogP contribution >= 0.6 is 8.58 Å². The Kier molecular flexibility index (Phi) is 8.99. The number of phenolic OH excluding ortho intramolecular Hbond substituents is 1. The van der Waals surface area contributed by atoms with Crippen LogP contribution in [0.25, 0.3) is 0 Å². The molecule has 0 radical (unpaired) electrons. The third kappa shape index (κ3) is 6.07. The number of aryl methyl sites for hydroxylation is 1. The van der Waals surface area contributed by atoms with Crippen molar-refractivity contribution in [2.75, 3.05) is 13.1 Å². The zero-order chi connectivity index (χ0) is 25.5. The molecule has 3 aromatic rings. The van der Waals surface area contributed by atoms with E-state index in [4.69, 9.17) is 0 Å². The molecule has 1 aliphatic rings. The number of hydrogen-bond acceptors (Lipinski definition) is 3. The van der Waals surface area contributed by atoms with E-state index in [-0.39, 0.29) is 10.9 Å². The monoisotopic (exact) mass is 501 g/mol. The number of ketones is 1. The Balaban J connectivity index is 1.72. The first-order valence-corrected chi connectivity index (χ1v) is 14.5. The van der Waals surface area contributed by atoms with Crippen LogP contribution in [0.1, 0.15) is 85.0 Å². The molecule has 0 spiro atoms. The molecule has 0 aliphatic carbocycles. The summed E-state index contributed by atoms with van der Waals surface area (Å²) in [4.78, 5) is 15.9. The van der Waals surface area contributed by atoms with Gasteiger partial charge in [0, 0.05) is 28.4 Å². The van der Waals surface area contributed by atoms with Crippen LogP contribution in [-0.2, 0) is 11.7 Å². The molecule has 1 fully saturated rings. The van der Waals surface area contributed by atoms with Gasteiger partial charge in [0.15, 0.2) is 5.78 Å². The molecule has 0 aromatic heterocycles. The van der Waals surface area contributed by atoms with Crippen LogP contribution in [0.15, 0.2) is 66.7 Å². The third-order valence-electron chi connectivity index (χ3n) is 7.57. The SMILES string of the molecule is CCCC(CC)(Pc1ccc(C)cc1CN1CCCCC1)c1cc(C(=O)c2ccccc2)ccc1O. The summed E-state index contributed by atoms with van der Waals surface area (Å²) in [5, 5.41) is 12.3. The largest absolute Gasteiger partial charge is 0.508 e. The van der Waals surface area contributed by atoms with Crippen molar-refractivity contribution in [2.24, 2.45) is 0 Å². The normalized spacial score (nSPS) is 16.3. The second-order valence-electron chi connectivity index (χ2n) is 10.2. The van der Waals surface area contributed by atoms with Crippen molar-refractivity contribution >= 4 is 19.7 Å². The number of piperidine rings is 1. The van der Waals surface area contributed by atoms with Gasteiger partial charge in [0.2, 0.25) is 0 Å². The average molecular weight is 502 g/mol. The van der Waals surface area contributed by atoms with E-state index in [1.165, 1.54) is 48.8 Å². The quantitative estimate of drug-likeness (QED) is 0.234. The van der Waals surface area contributed by atoms with Crippen LogP contribution in [0.4, 0.5) is 0 Å². The van der Waals surface area contributed by atoms with Gasteiger partial charge in [0.25, 0.3) is 0 Å². The van der Waals surface area contributed by atoms with Crippen molar-refractivity contribution in [1.82, 2.24) is 4.90 Å². The molecule has 3 aromatic carbocycles. The van der Waals surface area contributed by atoms with Crippen LogP contribution < -0.4 is 5.30 Å². The Hall–Kier alpha value is -2.48. The van der Waals surface area contributed by atoms with Crippen LogP contribution in [0, 0.1) is 6.92 Å². The molecular formula is C32H40NO2P. The molecule has 190 valence electrons. The minimum Gasteiger partial charge on any atom is -0.508 e. The molecule has 1 heterocycles. The summed E-state index contributed by atoms with van der Waals surface area (Å²) in [5.74, 6) is 0.301. The zero-order valence-electron chi connectivity index (χ0n) is 22.0. The minimum absolute atomic E-state index is 0.00260. The van der Waals surface area contributed by atoms with E-state index in [1.807, 2.05) is 36.4 Å². The fraction of sp³-hybridized carbons (Fsp3) is 0.406. The summed E-state index contributed by atoms with van der Waals surface area (Å²) in [6.45, 7) is 9.97. The molecule has 0 bridgehead atoms. The molecule has 1 aliphatic heterocycles. The smallest absolute Gasteiger partial charge is 0.193 e. The average Bonchev–Trinajstić information content (AvgIpc) is 2.91. The number of hydrogen-bond donors (Lipinski definition) is 1. The van der Waals surface area contributed by atoms with Crippen LogP contribution in [0.2, 0.25) is 0 Å². The lowest BCUT2D eigenvalue weighted by atomic mass is 9.88. The van der Waals surface area contributed by atoms with Gasteiger partial charge < -0.3 is 5.11 Å². The van der Waals surface area contributed by atoms with E-state index >= 15 is 0 Å². The lowest BCUT2D eigenvalue weighted by molar-refractivity contribution is 0.103. The van der Waals surface area contributed by atoms with Gasteiger partial charge in [-0.15, -0.1) is 0 Å². The number of likely N-dealkylation sites (tertiary alicyclic amines) is 1. The van der Waals surface area contributed by atoms with E-state index in [0.717, 1.165) is 31.4 Å². The van der Waals surface area contributed by atoms with Gasteiger partial charge in [0.05, 0.1) is 0 Å². The van der Waals surface area contributed by atoms with Gasteiger partial charge in [0.1, 0.15) is 5.75 Å². The molecule has 4 rings (SSSR count). The molecular weight excluding hydrogens is 461 g/mol. The van der Waals surface area contributed by atoms with E-state index < -0.39 is 0 Å². The lowest BCUT2D eigenvalue weighted by Crippen LogP contribution is -2.31. The fourth-order valence-electron chi connectivity index (χ4n) is 5.56.